The van der Waals surface area contributed by atoms with Gasteiger partial charge in [-0.2, -0.15) is 5.26 Å². The molecule has 0 saturated carbocycles. The SMILES string of the molecule is N#C/C=C1/CCC(=O)N1c1ccccc1. The normalized spacial score (nSPS) is 18.2. The lowest BCUT2D eigenvalue weighted by Crippen LogP contribution is -2.22. The Morgan fingerprint density at radius 3 is 2.67 bits per heavy atom. The fourth-order valence-corrected chi connectivity index (χ4v) is 1.72. The Balaban J connectivity index is 2.39. The van der Waals surface area contributed by atoms with Gasteiger partial charge in [-0.3, -0.25) is 9.69 Å². The van der Waals surface area contributed by atoms with Crippen molar-refractivity contribution in [1.82, 2.24) is 0 Å². The number of hydrogen-bond acceptors (Lipinski definition) is 2. The van der Waals surface area contributed by atoms with E-state index in [0.29, 0.717) is 12.8 Å². The van der Waals surface area contributed by atoms with Crippen molar-refractivity contribution in [2.24, 2.45) is 0 Å². The highest BCUT2D eigenvalue weighted by molar-refractivity contribution is 5.99. The van der Waals surface area contributed by atoms with Crippen LogP contribution < -0.4 is 4.90 Å². The highest BCUT2D eigenvalue weighted by atomic mass is 16.2. The van der Waals surface area contributed by atoms with Crippen LogP contribution in [-0.4, -0.2) is 5.91 Å². The van der Waals surface area contributed by atoms with Crippen LogP contribution in [0.1, 0.15) is 12.8 Å². The zero-order valence-corrected chi connectivity index (χ0v) is 8.18. The second kappa shape index (κ2) is 3.97. The van der Waals surface area contributed by atoms with Gasteiger partial charge in [-0.15, -0.1) is 0 Å². The second-order valence-electron chi connectivity index (χ2n) is 3.33. The van der Waals surface area contributed by atoms with Gasteiger partial charge in [0.2, 0.25) is 5.91 Å². The standard InChI is InChI=1S/C12H10N2O/c13-9-8-11-6-7-12(15)14(11)10-4-2-1-3-5-10/h1-5,8H,6-7H2/b11-8-. The van der Waals surface area contributed by atoms with E-state index in [1.165, 1.54) is 6.08 Å². The molecule has 0 atom stereocenters. The van der Waals surface area contributed by atoms with Crippen LogP contribution in [0.5, 0.6) is 0 Å². The van der Waals surface area contributed by atoms with E-state index in [1.54, 1.807) is 4.90 Å². The quantitative estimate of drug-likeness (QED) is 0.649. The monoisotopic (exact) mass is 198 g/mol. The number of nitrogens with zero attached hydrogens (tertiary/aromatic N) is 2. The van der Waals surface area contributed by atoms with E-state index in [4.69, 9.17) is 5.26 Å². The van der Waals surface area contributed by atoms with E-state index in [-0.39, 0.29) is 5.91 Å². The summed E-state index contributed by atoms with van der Waals surface area (Å²) >= 11 is 0. The average Bonchev–Trinajstić information content (AvgIpc) is 2.62. The third-order valence-electron chi connectivity index (χ3n) is 2.38. The molecule has 1 aromatic carbocycles. The van der Waals surface area contributed by atoms with Crippen molar-refractivity contribution in [2.75, 3.05) is 4.90 Å². The molecule has 0 bridgehead atoms. The smallest absolute Gasteiger partial charge is 0.231 e. The molecule has 15 heavy (non-hydrogen) atoms. The maximum atomic E-state index is 11.6. The minimum atomic E-state index is 0.0581. The Labute approximate surface area is 88.2 Å². The van der Waals surface area contributed by atoms with Gasteiger partial charge in [0.15, 0.2) is 0 Å². The Bertz CT molecular complexity index is 442. The van der Waals surface area contributed by atoms with E-state index < -0.39 is 0 Å². The molecule has 1 aliphatic heterocycles. The maximum absolute atomic E-state index is 11.6. The molecule has 1 aromatic rings. The molecule has 1 amide bonds. The Morgan fingerprint density at radius 1 is 1.27 bits per heavy atom. The number of benzene rings is 1. The van der Waals surface area contributed by atoms with Gasteiger partial charge >= 0.3 is 0 Å². The molecule has 1 fully saturated rings. The first-order valence-corrected chi connectivity index (χ1v) is 4.79. The van der Waals surface area contributed by atoms with E-state index >= 15 is 0 Å². The van der Waals surface area contributed by atoms with Gasteiger partial charge in [-0.05, 0) is 18.6 Å². The van der Waals surface area contributed by atoms with Crippen molar-refractivity contribution in [3.8, 4) is 6.07 Å². The van der Waals surface area contributed by atoms with Crippen LogP contribution in [-0.2, 0) is 4.79 Å². The number of para-hydroxylation sites is 1. The summed E-state index contributed by atoms with van der Waals surface area (Å²) in [5.74, 6) is 0.0581. The molecule has 1 heterocycles. The van der Waals surface area contributed by atoms with Crippen molar-refractivity contribution in [2.45, 2.75) is 12.8 Å². The molecule has 0 radical (unpaired) electrons. The first-order chi connectivity index (χ1) is 7.33. The third-order valence-corrected chi connectivity index (χ3v) is 2.38. The topological polar surface area (TPSA) is 44.1 Å². The molecule has 2 rings (SSSR count). The van der Waals surface area contributed by atoms with Crippen LogP contribution in [0.4, 0.5) is 5.69 Å². The van der Waals surface area contributed by atoms with Crippen molar-refractivity contribution >= 4 is 11.6 Å². The number of rotatable bonds is 1. The first kappa shape index (κ1) is 9.47. The molecule has 74 valence electrons. The Morgan fingerprint density at radius 2 is 2.00 bits per heavy atom. The summed E-state index contributed by atoms with van der Waals surface area (Å²) in [4.78, 5) is 13.2. The molecule has 0 spiro atoms. The van der Waals surface area contributed by atoms with Gasteiger partial charge in [0, 0.05) is 23.9 Å². The summed E-state index contributed by atoms with van der Waals surface area (Å²) in [7, 11) is 0. The summed E-state index contributed by atoms with van der Waals surface area (Å²) in [6.45, 7) is 0. The van der Waals surface area contributed by atoms with Gasteiger partial charge in [-0.25, -0.2) is 0 Å². The molecular formula is C12H10N2O. The van der Waals surface area contributed by atoms with Gasteiger partial charge in [0.1, 0.15) is 0 Å². The lowest BCUT2D eigenvalue weighted by atomic mass is 10.2. The summed E-state index contributed by atoms with van der Waals surface area (Å²) in [6.07, 6.45) is 2.58. The highest BCUT2D eigenvalue weighted by Crippen LogP contribution is 2.28. The van der Waals surface area contributed by atoms with E-state index in [0.717, 1.165) is 11.4 Å². The van der Waals surface area contributed by atoms with E-state index in [2.05, 4.69) is 0 Å². The molecule has 0 aliphatic carbocycles. The van der Waals surface area contributed by atoms with Crippen molar-refractivity contribution in [3.05, 3.63) is 42.1 Å². The lowest BCUT2D eigenvalue weighted by molar-refractivity contribution is -0.116. The molecular weight excluding hydrogens is 188 g/mol. The predicted molar refractivity (Wildman–Crippen MR) is 56.9 cm³/mol. The highest BCUT2D eigenvalue weighted by Gasteiger charge is 2.26. The molecule has 1 saturated heterocycles. The van der Waals surface area contributed by atoms with Crippen LogP contribution in [0.2, 0.25) is 0 Å². The van der Waals surface area contributed by atoms with Crippen LogP contribution in [0.15, 0.2) is 42.1 Å². The summed E-state index contributed by atoms with van der Waals surface area (Å²) in [5, 5.41) is 8.61. The van der Waals surface area contributed by atoms with Crippen molar-refractivity contribution in [1.29, 1.82) is 5.26 Å². The molecule has 0 aromatic heterocycles. The van der Waals surface area contributed by atoms with Crippen LogP contribution >= 0.6 is 0 Å². The van der Waals surface area contributed by atoms with Gasteiger partial charge in [-0.1, -0.05) is 18.2 Å². The molecule has 0 N–H and O–H groups in total. The summed E-state index contributed by atoms with van der Waals surface area (Å²) in [5.41, 5.74) is 1.62. The third kappa shape index (κ3) is 1.75. The molecule has 0 unspecified atom stereocenters. The first-order valence-electron chi connectivity index (χ1n) is 4.79. The fraction of sp³-hybridized carbons (Fsp3) is 0.167. The summed E-state index contributed by atoms with van der Waals surface area (Å²) < 4.78 is 0. The second-order valence-corrected chi connectivity index (χ2v) is 3.33. The average molecular weight is 198 g/mol. The number of allylic oxidation sites excluding steroid dienone is 2. The fourth-order valence-electron chi connectivity index (χ4n) is 1.72. The van der Waals surface area contributed by atoms with E-state index in [9.17, 15) is 4.79 Å². The molecule has 3 nitrogen and oxygen atoms in total. The number of carbonyl (C=O) groups is 1. The minimum Gasteiger partial charge on any atom is -0.284 e. The number of nitriles is 1. The number of hydrogen-bond donors (Lipinski definition) is 0. The van der Waals surface area contributed by atoms with Crippen molar-refractivity contribution < 1.29 is 4.79 Å². The predicted octanol–water partition coefficient (Wildman–Crippen LogP) is 2.22. The van der Waals surface area contributed by atoms with Crippen LogP contribution in [0, 0.1) is 11.3 Å². The number of anilines is 1. The number of amides is 1. The van der Waals surface area contributed by atoms with Crippen LogP contribution in [0.25, 0.3) is 0 Å². The zero-order valence-electron chi connectivity index (χ0n) is 8.18. The molecule has 3 heteroatoms. The lowest BCUT2D eigenvalue weighted by Gasteiger charge is -2.17. The Kier molecular flexibility index (Phi) is 2.51. The summed E-state index contributed by atoms with van der Waals surface area (Å²) in [6, 6.07) is 11.4. The van der Waals surface area contributed by atoms with Gasteiger partial charge in [0.25, 0.3) is 0 Å². The van der Waals surface area contributed by atoms with E-state index in [1.807, 2.05) is 36.4 Å². The largest absolute Gasteiger partial charge is 0.284 e. The van der Waals surface area contributed by atoms with Crippen LogP contribution in [0.3, 0.4) is 0 Å². The minimum absolute atomic E-state index is 0.0581. The number of carbonyl (C=O) groups excluding carboxylic acids is 1. The van der Waals surface area contributed by atoms with Gasteiger partial charge < -0.3 is 0 Å². The zero-order chi connectivity index (χ0) is 10.7. The Hall–Kier alpha value is -2.08. The van der Waals surface area contributed by atoms with Crippen molar-refractivity contribution in [3.63, 3.8) is 0 Å². The molecule has 1 aliphatic rings. The van der Waals surface area contributed by atoms with Gasteiger partial charge in [0.05, 0.1) is 6.07 Å². The maximum Gasteiger partial charge on any atom is 0.231 e.